The molecule has 1 N–H and O–H groups in total. The summed E-state index contributed by atoms with van der Waals surface area (Å²) in [6.07, 6.45) is 1.28. The van der Waals surface area contributed by atoms with Crippen LogP contribution >= 0.6 is 11.3 Å². The average Bonchev–Trinajstić information content (AvgIpc) is 2.84. The molecular formula is C12H14N2O2S. The lowest BCUT2D eigenvalue weighted by atomic mass is 9.96. The molecule has 0 amide bonds. The predicted molar refractivity (Wildman–Crippen MR) is 64.6 cm³/mol. The first-order chi connectivity index (χ1) is 8.22. The van der Waals surface area contributed by atoms with E-state index in [2.05, 4.69) is 11.0 Å². The molecule has 5 heteroatoms. The van der Waals surface area contributed by atoms with Crippen molar-refractivity contribution in [1.82, 2.24) is 4.90 Å². The molecular weight excluding hydrogens is 236 g/mol. The van der Waals surface area contributed by atoms with Crippen molar-refractivity contribution < 1.29 is 9.90 Å². The molecule has 0 radical (unpaired) electrons. The molecule has 0 unspecified atom stereocenters. The van der Waals surface area contributed by atoms with Gasteiger partial charge in [-0.05, 0) is 24.3 Å². The summed E-state index contributed by atoms with van der Waals surface area (Å²) in [6.45, 7) is 1.38. The van der Waals surface area contributed by atoms with Gasteiger partial charge in [-0.15, -0.1) is 11.3 Å². The number of carbonyl (C=O) groups is 1. The van der Waals surface area contributed by atoms with E-state index in [0.717, 1.165) is 4.88 Å². The summed E-state index contributed by atoms with van der Waals surface area (Å²) in [4.78, 5) is 14.0. The molecule has 0 aromatic carbocycles. The minimum Gasteiger partial charge on any atom is -0.481 e. The molecule has 1 atom stereocenters. The Morgan fingerprint density at radius 2 is 2.29 bits per heavy atom. The fourth-order valence-corrected chi connectivity index (χ4v) is 2.98. The highest BCUT2D eigenvalue weighted by Crippen LogP contribution is 2.28. The molecule has 0 bridgehead atoms. The van der Waals surface area contributed by atoms with Crippen molar-refractivity contribution in [3.8, 4) is 6.07 Å². The number of carboxylic acids is 1. The zero-order valence-electron chi connectivity index (χ0n) is 9.37. The second-order valence-electron chi connectivity index (χ2n) is 4.20. The van der Waals surface area contributed by atoms with Crippen LogP contribution in [0.1, 0.15) is 23.8 Å². The molecule has 0 spiro atoms. The van der Waals surface area contributed by atoms with Crippen molar-refractivity contribution in [1.29, 1.82) is 5.26 Å². The Hall–Kier alpha value is -1.38. The number of rotatable bonds is 3. The maximum absolute atomic E-state index is 10.8. The van der Waals surface area contributed by atoms with Crippen LogP contribution < -0.4 is 0 Å². The number of hydrogen-bond acceptors (Lipinski definition) is 4. The van der Waals surface area contributed by atoms with E-state index in [1.54, 1.807) is 11.3 Å². The Morgan fingerprint density at radius 1 is 1.59 bits per heavy atom. The van der Waals surface area contributed by atoms with Crippen molar-refractivity contribution in [3.05, 3.63) is 22.4 Å². The molecule has 2 rings (SSSR count). The molecule has 90 valence electrons. The van der Waals surface area contributed by atoms with Gasteiger partial charge in [0.1, 0.15) is 6.04 Å². The molecule has 1 aromatic rings. The van der Waals surface area contributed by atoms with Crippen LogP contribution in [0.15, 0.2) is 17.5 Å². The third-order valence-corrected chi connectivity index (χ3v) is 4.10. The highest BCUT2D eigenvalue weighted by molar-refractivity contribution is 7.10. The second kappa shape index (κ2) is 5.30. The van der Waals surface area contributed by atoms with E-state index in [1.165, 1.54) is 0 Å². The summed E-state index contributed by atoms with van der Waals surface area (Å²) >= 11 is 1.58. The molecule has 1 aliphatic heterocycles. The number of carboxylic acid groups (broad SMARTS) is 1. The fourth-order valence-electron chi connectivity index (χ4n) is 2.18. The van der Waals surface area contributed by atoms with E-state index in [0.29, 0.717) is 25.9 Å². The highest BCUT2D eigenvalue weighted by Gasteiger charge is 2.29. The summed E-state index contributed by atoms with van der Waals surface area (Å²) in [5.74, 6) is -0.955. The second-order valence-corrected chi connectivity index (χ2v) is 5.17. The van der Waals surface area contributed by atoms with Gasteiger partial charge in [-0.3, -0.25) is 9.69 Å². The molecule has 4 nitrogen and oxygen atoms in total. The SMILES string of the molecule is N#C[C@@H](c1cccs1)N1CCC(C(=O)O)CC1. The summed E-state index contributed by atoms with van der Waals surface area (Å²) in [5, 5.41) is 20.1. The summed E-state index contributed by atoms with van der Waals surface area (Å²) in [5.41, 5.74) is 0. The quantitative estimate of drug-likeness (QED) is 0.892. The Bertz CT molecular complexity index is 416. The minimum absolute atomic E-state index is 0.218. The third-order valence-electron chi connectivity index (χ3n) is 3.18. The van der Waals surface area contributed by atoms with Crippen LogP contribution in [0.3, 0.4) is 0 Å². The van der Waals surface area contributed by atoms with E-state index in [4.69, 9.17) is 5.11 Å². The molecule has 1 saturated heterocycles. The number of hydrogen-bond donors (Lipinski definition) is 1. The summed E-state index contributed by atoms with van der Waals surface area (Å²) in [7, 11) is 0. The van der Waals surface area contributed by atoms with Crippen molar-refractivity contribution >= 4 is 17.3 Å². The Kier molecular flexibility index (Phi) is 3.77. The fraction of sp³-hybridized carbons (Fsp3) is 0.500. The lowest BCUT2D eigenvalue weighted by Gasteiger charge is -2.32. The molecule has 17 heavy (non-hydrogen) atoms. The number of likely N-dealkylation sites (tertiary alicyclic amines) is 1. The Balaban J connectivity index is 2.00. The van der Waals surface area contributed by atoms with Crippen LogP contribution in [0.5, 0.6) is 0 Å². The molecule has 1 aliphatic rings. The van der Waals surface area contributed by atoms with Crippen LogP contribution in [0, 0.1) is 17.2 Å². The van der Waals surface area contributed by atoms with Crippen LogP contribution in [0.4, 0.5) is 0 Å². The third kappa shape index (κ3) is 2.65. The lowest BCUT2D eigenvalue weighted by Crippen LogP contribution is -2.38. The van der Waals surface area contributed by atoms with Gasteiger partial charge >= 0.3 is 5.97 Å². The maximum Gasteiger partial charge on any atom is 0.306 e. The number of piperidine rings is 1. The first-order valence-corrected chi connectivity index (χ1v) is 6.50. The van der Waals surface area contributed by atoms with Gasteiger partial charge in [0.15, 0.2) is 0 Å². The standard InChI is InChI=1S/C12H14N2O2S/c13-8-10(11-2-1-7-17-11)14-5-3-9(4-6-14)12(15)16/h1-2,7,9-10H,3-6H2,(H,15,16)/t10-/m0/s1. The van der Waals surface area contributed by atoms with Gasteiger partial charge in [-0.25, -0.2) is 0 Å². The van der Waals surface area contributed by atoms with Gasteiger partial charge in [-0.2, -0.15) is 5.26 Å². The minimum atomic E-state index is -0.714. The van der Waals surface area contributed by atoms with Gasteiger partial charge in [-0.1, -0.05) is 6.07 Å². The van der Waals surface area contributed by atoms with Gasteiger partial charge in [0.25, 0.3) is 0 Å². The molecule has 0 saturated carbocycles. The first-order valence-electron chi connectivity index (χ1n) is 5.62. The van der Waals surface area contributed by atoms with E-state index in [1.807, 2.05) is 17.5 Å². The van der Waals surface area contributed by atoms with E-state index in [-0.39, 0.29) is 12.0 Å². The van der Waals surface area contributed by atoms with Crippen molar-refractivity contribution in [2.24, 2.45) is 5.92 Å². The number of nitrogens with zero attached hydrogens (tertiary/aromatic N) is 2. The monoisotopic (exact) mass is 250 g/mol. The maximum atomic E-state index is 10.8. The first kappa shape index (κ1) is 12.1. The van der Waals surface area contributed by atoms with E-state index in [9.17, 15) is 10.1 Å². The molecule has 1 fully saturated rings. The van der Waals surface area contributed by atoms with Crippen LogP contribution in [-0.2, 0) is 4.79 Å². The van der Waals surface area contributed by atoms with Crippen LogP contribution in [0.25, 0.3) is 0 Å². The molecule has 1 aromatic heterocycles. The number of aliphatic carboxylic acids is 1. The van der Waals surface area contributed by atoms with Gasteiger partial charge in [0, 0.05) is 18.0 Å². The zero-order valence-corrected chi connectivity index (χ0v) is 10.2. The highest BCUT2D eigenvalue weighted by atomic mass is 32.1. The van der Waals surface area contributed by atoms with E-state index < -0.39 is 5.97 Å². The largest absolute Gasteiger partial charge is 0.481 e. The van der Waals surface area contributed by atoms with Crippen LogP contribution in [-0.4, -0.2) is 29.1 Å². The zero-order chi connectivity index (χ0) is 12.3. The van der Waals surface area contributed by atoms with Gasteiger partial charge < -0.3 is 5.11 Å². The Labute approximate surface area is 104 Å². The lowest BCUT2D eigenvalue weighted by molar-refractivity contribution is -0.143. The number of thiophene rings is 1. The Morgan fingerprint density at radius 3 is 2.76 bits per heavy atom. The van der Waals surface area contributed by atoms with Crippen molar-refractivity contribution in [2.45, 2.75) is 18.9 Å². The summed E-state index contributed by atoms with van der Waals surface area (Å²) < 4.78 is 0. The van der Waals surface area contributed by atoms with Crippen molar-refractivity contribution in [2.75, 3.05) is 13.1 Å². The molecule has 0 aliphatic carbocycles. The van der Waals surface area contributed by atoms with E-state index >= 15 is 0 Å². The van der Waals surface area contributed by atoms with Crippen LogP contribution in [0.2, 0.25) is 0 Å². The molecule has 2 heterocycles. The average molecular weight is 250 g/mol. The normalized spacial score (nSPS) is 19.7. The smallest absolute Gasteiger partial charge is 0.306 e. The predicted octanol–water partition coefficient (Wildman–Crippen LogP) is 2.11. The van der Waals surface area contributed by atoms with Gasteiger partial charge in [0.05, 0.1) is 12.0 Å². The summed E-state index contributed by atoms with van der Waals surface area (Å²) in [6, 6.07) is 5.99. The number of nitriles is 1. The van der Waals surface area contributed by atoms with Gasteiger partial charge in [0.2, 0.25) is 0 Å². The van der Waals surface area contributed by atoms with Crippen molar-refractivity contribution in [3.63, 3.8) is 0 Å². The topological polar surface area (TPSA) is 64.3 Å².